The van der Waals surface area contributed by atoms with Crippen LogP contribution in [0.4, 0.5) is 4.39 Å². The van der Waals surface area contributed by atoms with Crippen molar-refractivity contribution in [2.24, 2.45) is 12.0 Å². The van der Waals surface area contributed by atoms with E-state index >= 15 is 0 Å². The molecular weight excluding hydrogens is 522 g/mol. The normalized spacial score (nSPS) is 12.1. The smallest absolute Gasteiger partial charge is 0.224 e. The number of hydrogen-bond acceptors (Lipinski definition) is 4. The van der Waals surface area contributed by atoms with E-state index in [1.807, 2.05) is 30.8 Å². The molecule has 9 heteroatoms. The molecule has 2 aromatic heterocycles. The highest BCUT2D eigenvalue weighted by Gasteiger charge is 2.14. The number of aliphatic imine (C=N–C) groups is 1. The van der Waals surface area contributed by atoms with Gasteiger partial charge in [0.15, 0.2) is 5.96 Å². The van der Waals surface area contributed by atoms with E-state index in [2.05, 4.69) is 39.6 Å². The summed E-state index contributed by atoms with van der Waals surface area (Å²) < 4.78 is 21.2. The Morgan fingerprint density at radius 1 is 1.25 bits per heavy atom. The predicted octanol–water partition coefficient (Wildman–Crippen LogP) is 4.28. The van der Waals surface area contributed by atoms with Gasteiger partial charge in [-0.3, -0.25) is 9.67 Å². The number of ether oxygens (including phenoxy) is 1. The topological polar surface area (TPSA) is 76.4 Å². The van der Waals surface area contributed by atoms with Crippen LogP contribution in [0.3, 0.4) is 0 Å². The number of aromatic nitrogens is 3. The lowest BCUT2D eigenvalue weighted by molar-refractivity contribution is 0.450. The lowest BCUT2D eigenvalue weighted by Gasteiger charge is -2.19. The lowest BCUT2D eigenvalue weighted by atomic mass is 10.1. The summed E-state index contributed by atoms with van der Waals surface area (Å²) in [5.41, 5.74) is 4.30. The van der Waals surface area contributed by atoms with Crippen molar-refractivity contribution in [3.05, 3.63) is 70.9 Å². The van der Waals surface area contributed by atoms with Gasteiger partial charge in [0.2, 0.25) is 5.88 Å². The molecule has 0 fully saturated rings. The largest absolute Gasteiger partial charge is 0.439 e. The molecule has 0 spiro atoms. The molecule has 172 valence electrons. The van der Waals surface area contributed by atoms with E-state index in [4.69, 9.17) is 4.74 Å². The van der Waals surface area contributed by atoms with Gasteiger partial charge in [-0.2, -0.15) is 5.10 Å². The SMILES string of the molecule is CN=C(NCc1cccnc1Oc1cccc(F)c1)NC(C)Cc1c(C)nn(C)c1C.I. The van der Waals surface area contributed by atoms with Crippen LogP contribution in [0.5, 0.6) is 11.6 Å². The van der Waals surface area contributed by atoms with Gasteiger partial charge in [0.1, 0.15) is 11.6 Å². The third-order valence-electron chi connectivity index (χ3n) is 5.08. The molecule has 32 heavy (non-hydrogen) atoms. The fourth-order valence-corrected chi connectivity index (χ4v) is 3.37. The molecule has 0 aliphatic carbocycles. The number of pyridine rings is 1. The van der Waals surface area contributed by atoms with Crippen molar-refractivity contribution in [1.29, 1.82) is 0 Å². The van der Waals surface area contributed by atoms with Crippen LogP contribution in [0.1, 0.15) is 29.4 Å². The van der Waals surface area contributed by atoms with Gasteiger partial charge in [-0.25, -0.2) is 9.37 Å². The minimum Gasteiger partial charge on any atom is -0.439 e. The number of guanidine groups is 1. The van der Waals surface area contributed by atoms with Crippen molar-refractivity contribution >= 4 is 29.9 Å². The molecule has 1 unspecified atom stereocenters. The summed E-state index contributed by atoms with van der Waals surface area (Å²) in [6.45, 7) is 6.68. The first-order valence-corrected chi connectivity index (χ1v) is 10.2. The van der Waals surface area contributed by atoms with Crippen LogP contribution >= 0.6 is 24.0 Å². The van der Waals surface area contributed by atoms with E-state index in [0.717, 1.165) is 17.7 Å². The number of nitrogens with zero attached hydrogens (tertiary/aromatic N) is 4. The van der Waals surface area contributed by atoms with Crippen molar-refractivity contribution in [1.82, 2.24) is 25.4 Å². The van der Waals surface area contributed by atoms with Crippen LogP contribution in [0.15, 0.2) is 47.6 Å². The molecule has 2 heterocycles. The standard InChI is InChI=1S/C23H29FN6O.HI/c1-15(12-21-16(2)29-30(5)17(21)3)28-23(25-4)27-14-18-8-7-11-26-22(18)31-20-10-6-9-19(24)13-20;/h6-11,13,15H,12,14H2,1-5H3,(H2,25,27,28);1H. The average molecular weight is 552 g/mol. The number of aryl methyl sites for hydroxylation is 2. The summed E-state index contributed by atoms with van der Waals surface area (Å²) in [6.07, 6.45) is 2.48. The Bertz CT molecular complexity index is 1070. The lowest BCUT2D eigenvalue weighted by Crippen LogP contribution is -2.42. The predicted molar refractivity (Wildman–Crippen MR) is 135 cm³/mol. The van der Waals surface area contributed by atoms with E-state index in [1.165, 1.54) is 23.4 Å². The van der Waals surface area contributed by atoms with Crippen LogP contribution < -0.4 is 15.4 Å². The number of halogens is 2. The van der Waals surface area contributed by atoms with Crippen LogP contribution in [-0.2, 0) is 20.0 Å². The molecule has 7 nitrogen and oxygen atoms in total. The Balaban J connectivity index is 0.00000363. The second-order valence-corrected chi connectivity index (χ2v) is 7.48. The first-order chi connectivity index (χ1) is 14.9. The number of benzene rings is 1. The molecule has 1 aromatic carbocycles. The Morgan fingerprint density at radius 2 is 2.03 bits per heavy atom. The zero-order valence-electron chi connectivity index (χ0n) is 19.0. The molecule has 0 aliphatic heterocycles. The summed E-state index contributed by atoms with van der Waals surface area (Å²) in [6, 6.07) is 9.90. The third-order valence-corrected chi connectivity index (χ3v) is 5.08. The molecule has 0 amide bonds. The van der Waals surface area contributed by atoms with Crippen LogP contribution in [0.25, 0.3) is 0 Å². The molecule has 1 atom stereocenters. The van der Waals surface area contributed by atoms with E-state index in [0.29, 0.717) is 24.1 Å². The Hall–Kier alpha value is -2.69. The van der Waals surface area contributed by atoms with Crippen molar-refractivity contribution in [3.8, 4) is 11.6 Å². The zero-order chi connectivity index (χ0) is 22.4. The van der Waals surface area contributed by atoms with Crippen LogP contribution in [0.2, 0.25) is 0 Å². The minimum atomic E-state index is -0.356. The summed E-state index contributed by atoms with van der Waals surface area (Å²) in [5.74, 6) is 1.14. The van der Waals surface area contributed by atoms with Gasteiger partial charge < -0.3 is 15.4 Å². The van der Waals surface area contributed by atoms with Crippen molar-refractivity contribution < 1.29 is 9.13 Å². The van der Waals surface area contributed by atoms with Gasteiger partial charge >= 0.3 is 0 Å². The number of nitrogens with one attached hydrogen (secondary N) is 2. The summed E-state index contributed by atoms with van der Waals surface area (Å²) in [4.78, 5) is 8.61. The zero-order valence-corrected chi connectivity index (χ0v) is 21.3. The molecule has 0 saturated carbocycles. The second-order valence-electron chi connectivity index (χ2n) is 7.48. The summed E-state index contributed by atoms with van der Waals surface area (Å²) in [7, 11) is 3.69. The van der Waals surface area contributed by atoms with Crippen molar-refractivity contribution in [2.75, 3.05) is 7.05 Å². The monoisotopic (exact) mass is 552 g/mol. The maximum atomic E-state index is 13.5. The highest BCUT2D eigenvalue weighted by atomic mass is 127. The fraction of sp³-hybridized carbons (Fsp3) is 0.348. The van der Waals surface area contributed by atoms with E-state index < -0.39 is 0 Å². The molecule has 0 aliphatic rings. The van der Waals surface area contributed by atoms with E-state index in [9.17, 15) is 4.39 Å². The van der Waals surface area contributed by atoms with Gasteiger partial charge in [0.05, 0.1) is 5.69 Å². The van der Waals surface area contributed by atoms with Crippen molar-refractivity contribution in [2.45, 2.75) is 39.8 Å². The van der Waals surface area contributed by atoms with Crippen LogP contribution in [-0.4, -0.2) is 33.8 Å². The average Bonchev–Trinajstić information content (AvgIpc) is 2.98. The molecule has 3 rings (SSSR count). The van der Waals surface area contributed by atoms with Gasteiger partial charge in [-0.1, -0.05) is 12.1 Å². The van der Waals surface area contributed by atoms with Crippen LogP contribution in [0, 0.1) is 19.7 Å². The van der Waals surface area contributed by atoms with Gasteiger partial charge in [-0.05, 0) is 51.0 Å². The summed E-state index contributed by atoms with van der Waals surface area (Å²) in [5, 5.41) is 11.2. The molecular formula is C23H30FIN6O. The third kappa shape index (κ3) is 6.65. The quantitative estimate of drug-likeness (QED) is 0.260. The summed E-state index contributed by atoms with van der Waals surface area (Å²) >= 11 is 0. The Labute approximate surface area is 205 Å². The number of hydrogen-bond donors (Lipinski definition) is 2. The second kappa shape index (κ2) is 11.8. The molecule has 2 N–H and O–H groups in total. The molecule has 0 saturated heterocycles. The highest BCUT2D eigenvalue weighted by Crippen LogP contribution is 2.23. The maximum Gasteiger partial charge on any atom is 0.224 e. The van der Waals surface area contributed by atoms with Gasteiger partial charge in [-0.15, -0.1) is 24.0 Å². The molecule has 0 bridgehead atoms. The maximum absolute atomic E-state index is 13.5. The van der Waals surface area contributed by atoms with E-state index in [-0.39, 0.29) is 35.8 Å². The minimum absolute atomic E-state index is 0. The fourth-order valence-electron chi connectivity index (χ4n) is 3.37. The highest BCUT2D eigenvalue weighted by molar-refractivity contribution is 14.0. The Kier molecular flexibility index (Phi) is 9.42. The number of rotatable bonds is 7. The van der Waals surface area contributed by atoms with Gasteiger partial charge in [0, 0.05) is 50.2 Å². The van der Waals surface area contributed by atoms with Gasteiger partial charge in [0.25, 0.3) is 0 Å². The first-order valence-electron chi connectivity index (χ1n) is 10.2. The van der Waals surface area contributed by atoms with Crippen molar-refractivity contribution in [3.63, 3.8) is 0 Å². The van der Waals surface area contributed by atoms with E-state index in [1.54, 1.807) is 25.4 Å². The first kappa shape index (κ1) is 25.6. The molecule has 3 aromatic rings. The molecule has 0 radical (unpaired) electrons. The Morgan fingerprint density at radius 3 is 2.69 bits per heavy atom.